The molecule has 0 radical (unpaired) electrons. The molecule has 0 saturated carbocycles. The summed E-state index contributed by atoms with van der Waals surface area (Å²) in [5, 5.41) is 5.82. The minimum atomic E-state index is -0.425. The summed E-state index contributed by atoms with van der Waals surface area (Å²) >= 11 is 0. The lowest BCUT2D eigenvalue weighted by Gasteiger charge is -2.10. The highest BCUT2D eigenvalue weighted by Gasteiger charge is 2.30. The summed E-state index contributed by atoms with van der Waals surface area (Å²) in [5.74, 6) is 0.362. The van der Waals surface area contributed by atoms with E-state index in [9.17, 15) is 9.18 Å². The van der Waals surface area contributed by atoms with Gasteiger partial charge in [0.15, 0.2) is 0 Å². The van der Waals surface area contributed by atoms with Gasteiger partial charge in [0, 0.05) is 24.2 Å². The monoisotopic (exact) mass is 260 g/mol. The molecule has 98 valence electrons. The second-order valence-electron chi connectivity index (χ2n) is 4.44. The first-order valence-electron chi connectivity index (χ1n) is 6.10. The number of rotatable bonds is 4. The third-order valence-electron chi connectivity index (χ3n) is 3.15. The highest BCUT2D eigenvalue weighted by atomic mass is 19.1. The fourth-order valence-corrected chi connectivity index (χ4v) is 2.23. The molecule has 0 bridgehead atoms. The van der Waals surface area contributed by atoms with Crippen LogP contribution in [-0.2, 0) is 11.2 Å². The van der Waals surface area contributed by atoms with Crippen molar-refractivity contribution in [3.05, 3.63) is 53.7 Å². The Morgan fingerprint density at radius 1 is 1.37 bits per heavy atom. The van der Waals surface area contributed by atoms with Gasteiger partial charge in [0.1, 0.15) is 17.6 Å². The maximum absolute atomic E-state index is 13.1. The number of amides is 1. The maximum atomic E-state index is 13.1. The molecule has 0 saturated heterocycles. The minimum Gasteiger partial charge on any atom is -0.469 e. The van der Waals surface area contributed by atoms with Crippen LogP contribution < -0.4 is 10.6 Å². The van der Waals surface area contributed by atoms with E-state index >= 15 is 0 Å². The Bertz CT molecular complexity index is 595. The first kappa shape index (κ1) is 11.9. The van der Waals surface area contributed by atoms with Gasteiger partial charge in [0.2, 0.25) is 5.91 Å². The second-order valence-corrected chi connectivity index (χ2v) is 4.44. The molecule has 1 amide bonds. The van der Waals surface area contributed by atoms with E-state index in [1.54, 1.807) is 12.3 Å². The summed E-state index contributed by atoms with van der Waals surface area (Å²) in [6.45, 7) is 0.614. The van der Waals surface area contributed by atoms with Crippen LogP contribution in [0.2, 0.25) is 0 Å². The number of furan rings is 1. The van der Waals surface area contributed by atoms with Gasteiger partial charge < -0.3 is 15.1 Å². The Kier molecular flexibility index (Phi) is 3.05. The summed E-state index contributed by atoms with van der Waals surface area (Å²) in [6.07, 6.45) is 2.32. The molecule has 1 unspecified atom stereocenters. The van der Waals surface area contributed by atoms with Crippen LogP contribution in [0.5, 0.6) is 0 Å². The molecule has 2 heterocycles. The van der Waals surface area contributed by atoms with Crippen molar-refractivity contribution >= 4 is 11.6 Å². The predicted molar refractivity (Wildman–Crippen MR) is 68.2 cm³/mol. The van der Waals surface area contributed by atoms with E-state index in [0.717, 1.165) is 11.3 Å². The zero-order chi connectivity index (χ0) is 13.2. The molecular weight excluding hydrogens is 247 g/mol. The number of anilines is 1. The quantitative estimate of drug-likeness (QED) is 0.886. The van der Waals surface area contributed by atoms with E-state index in [1.165, 1.54) is 12.1 Å². The molecule has 3 rings (SSSR count). The van der Waals surface area contributed by atoms with Crippen molar-refractivity contribution in [2.75, 3.05) is 11.9 Å². The lowest BCUT2D eigenvalue weighted by Crippen LogP contribution is -2.29. The van der Waals surface area contributed by atoms with E-state index in [2.05, 4.69) is 10.6 Å². The van der Waals surface area contributed by atoms with Crippen molar-refractivity contribution in [1.82, 2.24) is 5.32 Å². The molecule has 19 heavy (non-hydrogen) atoms. The first-order valence-corrected chi connectivity index (χ1v) is 6.10. The molecule has 0 spiro atoms. The zero-order valence-corrected chi connectivity index (χ0v) is 10.2. The maximum Gasteiger partial charge on any atom is 0.246 e. The summed E-state index contributed by atoms with van der Waals surface area (Å²) in [7, 11) is 0. The molecule has 1 aliphatic rings. The van der Waals surface area contributed by atoms with Crippen molar-refractivity contribution in [2.45, 2.75) is 12.5 Å². The SMILES string of the molecule is O=C1Nc2cc(F)ccc2C1NCCc1ccco1. The molecule has 2 aromatic rings. The van der Waals surface area contributed by atoms with Gasteiger partial charge in [-0.1, -0.05) is 6.07 Å². The smallest absolute Gasteiger partial charge is 0.246 e. The van der Waals surface area contributed by atoms with Crippen molar-refractivity contribution in [3.8, 4) is 0 Å². The van der Waals surface area contributed by atoms with Crippen LogP contribution in [0.4, 0.5) is 10.1 Å². The Morgan fingerprint density at radius 2 is 2.26 bits per heavy atom. The van der Waals surface area contributed by atoms with Gasteiger partial charge in [-0.15, -0.1) is 0 Å². The van der Waals surface area contributed by atoms with Crippen LogP contribution in [0.1, 0.15) is 17.4 Å². The Balaban J connectivity index is 1.67. The number of carbonyl (C=O) groups is 1. The molecule has 0 fully saturated rings. The van der Waals surface area contributed by atoms with Crippen molar-refractivity contribution in [3.63, 3.8) is 0 Å². The lowest BCUT2D eigenvalue weighted by atomic mass is 10.1. The third kappa shape index (κ3) is 2.37. The highest BCUT2D eigenvalue weighted by molar-refractivity contribution is 6.02. The highest BCUT2D eigenvalue weighted by Crippen LogP contribution is 2.31. The van der Waals surface area contributed by atoms with Gasteiger partial charge in [0.05, 0.1) is 6.26 Å². The van der Waals surface area contributed by atoms with Crippen LogP contribution in [0.15, 0.2) is 41.0 Å². The van der Waals surface area contributed by atoms with E-state index in [-0.39, 0.29) is 11.7 Å². The van der Waals surface area contributed by atoms with Gasteiger partial charge >= 0.3 is 0 Å². The number of hydrogen-bond acceptors (Lipinski definition) is 3. The second kappa shape index (κ2) is 4.85. The van der Waals surface area contributed by atoms with Crippen LogP contribution >= 0.6 is 0 Å². The number of nitrogens with one attached hydrogen (secondary N) is 2. The summed E-state index contributed by atoms with van der Waals surface area (Å²) in [4.78, 5) is 11.8. The fourth-order valence-electron chi connectivity index (χ4n) is 2.23. The molecule has 1 aromatic carbocycles. The molecule has 5 heteroatoms. The summed E-state index contributed by atoms with van der Waals surface area (Å²) < 4.78 is 18.3. The van der Waals surface area contributed by atoms with Gasteiger partial charge in [0.25, 0.3) is 0 Å². The summed E-state index contributed by atoms with van der Waals surface area (Å²) in [5.41, 5.74) is 1.33. The van der Waals surface area contributed by atoms with E-state index < -0.39 is 6.04 Å². The van der Waals surface area contributed by atoms with Gasteiger partial charge in [-0.2, -0.15) is 0 Å². The normalized spacial score (nSPS) is 17.3. The van der Waals surface area contributed by atoms with E-state index in [1.807, 2.05) is 12.1 Å². The zero-order valence-electron chi connectivity index (χ0n) is 10.2. The van der Waals surface area contributed by atoms with Crippen LogP contribution in [0, 0.1) is 5.82 Å². The van der Waals surface area contributed by atoms with Crippen molar-refractivity contribution in [2.24, 2.45) is 0 Å². The average molecular weight is 260 g/mol. The molecule has 2 N–H and O–H groups in total. The standard InChI is InChI=1S/C14H13FN2O2/c15-9-3-4-11-12(8-9)17-14(18)13(11)16-6-5-10-2-1-7-19-10/h1-4,7-8,13,16H,5-6H2,(H,17,18). The van der Waals surface area contributed by atoms with Gasteiger partial charge in [-0.25, -0.2) is 4.39 Å². The van der Waals surface area contributed by atoms with E-state index in [0.29, 0.717) is 18.7 Å². The third-order valence-corrected chi connectivity index (χ3v) is 3.15. The van der Waals surface area contributed by atoms with Crippen molar-refractivity contribution < 1.29 is 13.6 Å². The number of hydrogen-bond donors (Lipinski definition) is 2. The van der Waals surface area contributed by atoms with Crippen LogP contribution in [-0.4, -0.2) is 12.5 Å². The number of benzene rings is 1. The molecular formula is C14H13FN2O2. The fraction of sp³-hybridized carbons (Fsp3) is 0.214. The topological polar surface area (TPSA) is 54.3 Å². The average Bonchev–Trinajstić information content (AvgIpc) is 2.98. The molecule has 1 aromatic heterocycles. The first-order chi connectivity index (χ1) is 9.24. The Labute approximate surface area is 109 Å². The molecule has 1 atom stereocenters. The lowest BCUT2D eigenvalue weighted by molar-refractivity contribution is -0.117. The van der Waals surface area contributed by atoms with Crippen molar-refractivity contribution in [1.29, 1.82) is 0 Å². The summed E-state index contributed by atoms with van der Waals surface area (Å²) in [6, 6.07) is 7.62. The largest absolute Gasteiger partial charge is 0.469 e. The Hall–Kier alpha value is -2.14. The molecule has 4 nitrogen and oxygen atoms in total. The van der Waals surface area contributed by atoms with E-state index in [4.69, 9.17) is 4.42 Å². The Morgan fingerprint density at radius 3 is 3.05 bits per heavy atom. The van der Waals surface area contributed by atoms with Crippen LogP contribution in [0.3, 0.4) is 0 Å². The van der Waals surface area contributed by atoms with Gasteiger partial charge in [-0.3, -0.25) is 4.79 Å². The molecule has 0 aliphatic carbocycles. The number of fused-ring (bicyclic) bond motifs is 1. The van der Waals surface area contributed by atoms with Crippen LogP contribution in [0.25, 0.3) is 0 Å². The van der Waals surface area contributed by atoms with Gasteiger partial charge in [-0.05, 0) is 24.3 Å². The minimum absolute atomic E-state index is 0.153. The molecule has 1 aliphatic heterocycles. The number of halogens is 1. The number of carbonyl (C=O) groups excluding carboxylic acids is 1. The predicted octanol–water partition coefficient (Wildman–Crippen LogP) is 2.24.